The van der Waals surface area contributed by atoms with Gasteiger partial charge < -0.3 is 10.1 Å². The summed E-state index contributed by atoms with van der Waals surface area (Å²) in [7, 11) is 1.31. The van der Waals surface area contributed by atoms with Gasteiger partial charge in [0.1, 0.15) is 4.70 Å². The summed E-state index contributed by atoms with van der Waals surface area (Å²) in [5.41, 5.74) is 2.54. The average Bonchev–Trinajstić information content (AvgIpc) is 3.28. The van der Waals surface area contributed by atoms with Crippen LogP contribution in [0.4, 0.5) is 5.69 Å². The number of fused-ring (bicyclic) bond motifs is 1. The zero-order valence-corrected chi connectivity index (χ0v) is 19.7. The third kappa shape index (κ3) is 4.99. The number of esters is 1. The van der Waals surface area contributed by atoms with E-state index in [4.69, 9.17) is 0 Å². The number of hydrogen-bond acceptors (Lipinski definition) is 7. The molecule has 0 bridgehead atoms. The number of carbonyl (C=O) groups excluding carboxylic acids is 2. The van der Waals surface area contributed by atoms with Gasteiger partial charge in [-0.1, -0.05) is 42.1 Å². The first-order valence-corrected chi connectivity index (χ1v) is 12.0. The van der Waals surface area contributed by atoms with Crippen LogP contribution in [0.1, 0.15) is 17.3 Å². The Kier molecular flexibility index (Phi) is 6.90. The van der Waals surface area contributed by atoms with E-state index in [2.05, 4.69) is 15.0 Å². The first-order chi connectivity index (χ1) is 16.0. The van der Waals surface area contributed by atoms with Gasteiger partial charge in [0.05, 0.1) is 23.9 Å². The number of benzene rings is 2. The van der Waals surface area contributed by atoms with Crippen LogP contribution in [-0.4, -0.2) is 34.3 Å². The van der Waals surface area contributed by atoms with E-state index in [9.17, 15) is 14.4 Å². The second kappa shape index (κ2) is 10.0. The maximum absolute atomic E-state index is 13.1. The van der Waals surface area contributed by atoms with Crippen LogP contribution < -0.4 is 10.9 Å². The number of methoxy groups -OCH3 is 1. The summed E-state index contributed by atoms with van der Waals surface area (Å²) in [5, 5.41) is 3.29. The molecule has 0 aliphatic carbocycles. The predicted molar refractivity (Wildman–Crippen MR) is 132 cm³/mol. The van der Waals surface area contributed by atoms with Gasteiger partial charge in [-0.05, 0) is 42.8 Å². The number of thioether (sulfide) groups is 1. The normalized spacial score (nSPS) is 10.8. The van der Waals surface area contributed by atoms with E-state index in [1.54, 1.807) is 28.8 Å². The first kappa shape index (κ1) is 22.8. The van der Waals surface area contributed by atoms with Gasteiger partial charge in [-0.3, -0.25) is 14.2 Å². The number of thiophene rings is 1. The highest BCUT2D eigenvalue weighted by Gasteiger charge is 2.16. The highest BCUT2D eigenvalue weighted by atomic mass is 32.2. The Balaban J connectivity index is 1.51. The van der Waals surface area contributed by atoms with Crippen molar-refractivity contribution in [1.29, 1.82) is 0 Å². The Morgan fingerprint density at radius 1 is 1.12 bits per heavy atom. The first-order valence-electron chi connectivity index (χ1n) is 10.2. The summed E-state index contributed by atoms with van der Waals surface area (Å²) in [6.07, 6.45) is 0. The van der Waals surface area contributed by atoms with E-state index in [1.807, 2.05) is 43.3 Å². The number of nitrogens with zero attached hydrogens (tertiary/aromatic N) is 2. The molecule has 9 heteroatoms. The standard InChI is InChI=1S/C24H21N3O4S2/c1-3-27-22(29)21-18(13-19(33-21)15-7-5-4-6-8-15)26-24(27)32-14-20(28)25-17-11-9-16(10-12-17)23(30)31-2/h4-13H,3,14H2,1-2H3,(H,25,28). The lowest BCUT2D eigenvalue weighted by Gasteiger charge is -2.10. The van der Waals surface area contributed by atoms with Crippen molar-refractivity contribution >= 4 is 50.9 Å². The van der Waals surface area contributed by atoms with Gasteiger partial charge in [-0.25, -0.2) is 9.78 Å². The number of amides is 1. The van der Waals surface area contributed by atoms with Gasteiger partial charge >= 0.3 is 5.97 Å². The minimum Gasteiger partial charge on any atom is -0.465 e. The Bertz CT molecular complexity index is 1360. The molecule has 2 aromatic carbocycles. The third-order valence-corrected chi connectivity index (χ3v) is 7.03. The van der Waals surface area contributed by atoms with Crippen molar-refractivity contribution in [2.24, 2.45) is 0 Å². The maximum atomic E-state index is 13.1. The van der Waals surface area contributed by atoms with E-state index in [1.165, 1.54) is 30.2 Å². The molecule has 7 nitrogen and oxygen atoms in total. The van der Waals surface area contributed by atoms with Crippen LogP contribution in [0.25, 0.3) is 20.7 Å². The molecule has 33 heavy (non-hydrogen) atoms. The quantitative estimate of drug-likeness (QED) is 0.236. The number of carbonyl (C=O) groups is 2. The molecule has 0 aliphatic heterocycles. The Labute approximate surface area is 198 Å². The van der Waals surface area contributed by atoms with Crippen molar-refractivity contribution in [2.75, 3.05) is 18.2 Å². The molecule has 0 aliphatic rings. The SMILES string of the molecule is CCn1c(SCC(=O)Nc2ccc(C(=O)OC)cc2)nc2cc(-c3ccccc3)sc2c1=O. The predicted octanol–water partition coefficient (Wildman–Crippen LogP) is 4.66. The highest BCUT2D eigenvalue weighted by molar-refractivity contribution is 7.99. The van der Waals surface area contributed by atoms with Crippen molar-refractivity contribution in [3.05, 3.63) is 76.6 Å². The Morgan fingerprint density at radius 2 is 1.85 bits per heavy atom. The van der Waals surface area contributed by atoms with E-state index in [-0.39, 0.29) is 17.2 Å². The fraction of sp³-hybridized carbons (Fsp3) is 0.167. The molecule has 1 amide bonds. The molecule has 2 heterocycles. The lowest BCUT2D eigenvalue weighted by molar-refractivity contribution is -0.113. The van der Waals surface area contributed by atoms with Crippen molar-refractivity contribution in [1.82, 2.24) is 9.55 Å². The minimum atomic E-state index is -0.439. The number of ether oxygens (including phenoxy) is 1. The summed E-state index contributed by atoms with van der Waals surface area (Å²) in [6, 6.07) is 18.2. The maximum Gasteiger partial charge on any atom is 0.337 e. The van der Waals surface area contributed by atoms with Crippen molar-refractivity contribution in [3.8, 4) is 10.4 Å². The monoisotopic (exact) mass is 479 g/mol. The van der Waals surface area contributed by atoms with Crippen LogP contribution in [0.15, 0.2) is 70.6 Å². The van der Waals surface area contributed by atoms with E-state index in [0.717, 1.165) is 10.4 Å². The zero-order valence-electron chi connectivity index (χ0n) is 18.0. The fourth-order valence-corrected chi connectivity index (χ4v) is 5.17. The van der Waals surface area contributed by atoms with Gasteiger partial charge in [0.25, 0.3) is 5.56 Å². The molecule has 2 aromatic heterocycles. The van der Waals surface area contributed by atoms with Gasteiger partial charge in [-0.15, -0.1) is 11.3 Å². The van der Waals surface area contributed by atoms with Gasteiger partial charge in [0.15, 0.2) is 5.16 Å². The van der Waals surface area contributed by atoms with Crippen molar-refractivity contribution < 1.29 is 14.3 Å². The van der Waals surface area contributed by atoms with E-state index in [0.29, 0.717) is 33.2 Å². The third-order valence-electron chi connectivity index (χ3n) is 4.90. The van der Waals surface area contributed by atoms with Crippen LogP contribution >= 0.6 is 23.1 Å². The molecule has 1 N–H and O–H groups in total. The van der Waals surface area contributed by atoms with Crippen molar-refractivity contribution in [2.45, 2.75) is 18.6 Å². The number of nitrogens with one attached hydrogen (secondary N) is 1. The second-order valence-electron chi connectivity index (χ2n) is 7.04. The topological polar surface area (TPSA) is 90.3 Å². The lowest BCUT2D eigenvalue weighted by Crippen LogP contribution is -2.22. The van der Waals surface area contributed by atoms with Crippen LogP contribution in [0.5, 0.6) is 0 Å². The molecule has 168 valence electrons. The van der Waals surface area contributed by atoms with Gasteiger partial charge in [-0.2, -0.15) is 0 Å². The summed E-state index contributed by atoms with van der Waals surface area (Å²) >= 11 is 2.64. The summed E-state index contributed by atoms with van der Waals surface area (Å²) in [5.74, 6) is -0.587. The fourth-order valence-electron chi connectivity index (χ4n) is 3.26. The van der Waals surface area contributed by atoms with Crippen LogP contribution in [0.2, 0.25) is 0 Å². The highest BCUT2D eigenvalue weighted by Crippen LogP contribution is 2.32. The van der Waals surface area contributed by atoms with Crippen LogP contribution in [0.3, 0.4) is 0 Å². The molecular weight excluding hydrogens is 458 g/mol. The summed E-state index contributed by atoms with van der Waals surface area (Å²) < 4.78 is 6.87. The van der Waals surface area contributed by atoms with Gasteiger partial charge in [0, 0.05) is 17.1 Å². The molecular formula is C24H21N3O4S2. The zero-order chi connectivity index (χ0) is 23.4. The number of anilines is 1. The molecule has 4 rings (SSSR count). The largest absolute Gasteiger partial charge is 0.465 e. The molecule has 0 saturated carbocycles. The number of rotatable bonds is 7. The summed E-state index contributed by atoms with van der Waals surface area (Å²) in [6.45, 7) is 2.34. The smallest absolute Gasteiger partial charge is 0.337 e. The number of hydrogen-bond donors (Lipinski definition) is 1. The second-order valence-corrected chi connectivity index (χ2v) is 9.04. The molecule has 0 unspecified atom stereocenters. The molecule has 0 saturated heterocycles. The number of aromatic nitrogens is 2. The molecule has 0 fully saturated rings. The lowest BCUT2D eigenvalue weighted by atomic mass is 10.2. The van der Waals surface area contributed by atoms with E-state index >= 15 is 0 Å². The molecule has 4 aromatic rings. The molecule has 0 radical (unpaired) electrons. The molecule has 0 atom stereocenters. The average molecular weight is 480 g/mol. The van der Waals surface area contributed by atoms with Crippen LogP contribution in [-0.2, 0) is 16.1 Å². The van der Waals surface area contributed by atoms with Gasteiger partial charge in [0.2, 0.25) is 5.91 Å². The summed E-state index contributed by atoms with van der Waals surface area (Å²) in [4.78, 5) is 42.7. The van der Waals surface area contributed by atoms with Crippen LogP contribution in [0, 0.1) is 0 Å². The van der Waals surface area contributed by atoms with Crippen molar-refractivity contribution in [3.63, 3.8) is 0 Å². The molecule has 0 spiro atoms. The van der Waals surface area contributed by atoms with E-state index < -0.39 is 5.97 Å². The minimum absolute atomic E-state index is 0.0897. The Morgan fingerprint density at radius 3 is 2.52 bits per heavy atom. The Hall–Kier alpha value is -3.43.